The first-order chi connectivity index (χ1) is 13.7. The number of hydrazine groups is 1. The predicted octanol–water partition coefficient (Wildman–Crippen LogP) is 3.90. The molecule has 0 bridgehead atoms. The molecule has 9 heteroatoms. The number of benzene rings is 2. The number of nitrogens with one attached hydrogen (secondary N) is 3. The molecule has 1 saturated carbocycles. The maximum atomic E-state index is 12.7. The van der Waals surface area contributed by atoms with Gasteiger partial charge in [-0.3, -0.25) is 20.4 Å². The van der Waals surface area contributed by atoms with E-state index in [-0.39, 0.29) is 12.0 Å². The molecule has 29 heavy (non-hydrogen) atoms. The van der Waals surface area contributed by atoms with Crippen LogP contribution in [-0.4, -0.2) is 11.8 Å². The second-order valence-electron chi connectivity index (χ2n) is 6.82. The van der Waals surface area contributed by atoms with Crippen molar-refractivity contribution in [3.05, 3.63) is 59.7 Å². The fraction of sp³-hybridized carbons (Fsp3) is 0.250. The minimum absolute atomic E-state index is 0.00916. The van der Waals surface area contributed by atoms with Gasteiger partial charge in [-0.05, 0) is 49.2 Å². The average Bonchev–Trinajstić information content (AvgIpc) is 3.46. The fourth-order valence-electron chi connectivity index (χ4n) is 2.71. The Bertz CT molecular complexity index is 961. The summed E-state index contributed by atoms with van der Waals surface area (Å²) in [7, 11) is 0. The van der Waals surface area contributed by atoms with Crippen molar-refractivity contribution in [2.45, 2.75) is 25.4 Å². The van der Waals surface area contributed by atoms with E-state index < -0.39 is 29.0 Å². The molecule has 2 aromatic carbocycles. The summed E-state index contributed by atoms with van der Waals surface area (Å²) in [4.78, 5) is 24.3. The van der Waals surface area contributed by atoms with Gasteiger partial charge in [-0.2, -0.15) is 18.4 Å². The van der Waals surface area contributed by atoms with Crippen LogP contribution in [0.1, 0.15) is 35.2 Å². The average molecular weight is 402 g/mol. The lowest BCUT2D eigenvalue weighted by atomic mass is 10.1. The molecule has 6 nitrogen and oxygen atoms in total. The van der Waals surface area contributed by atoms with E-state index in [1.807, 2.05) is 0 Å². The summed E-state index contributed by atoms with van der Waals surface area (Å²) in [5, 5.41) is 11.9. The Morgan fingerprint density at radius 1 is 1.03 bits per heavy atom. The molecule has 0 aromatic heterocycles. The summed E-state index contributed by atoms with van der Waals surface area (Å²) in [5.41, 5.74) is 4.09. The van der Waals surface area contributed by atoms with Crippen LogP contribution in [0.4, 0.5) is 24.5 Å². The number of amides is 2. The van der Waals surface area contributed by atoms with Crippen LogP contribution < -0.4 is 16.2 Å². The van der Waals surface area contributed by atoms with Crippen molar-refractivity contribution in [2.24, 2.45) is 5.41 Å². The SMILES string of the molecule is N#CC1(CC(=O)NNC(=O)c2ccccc2Nc2ccc(C(F)(F)F)cc2)CC1. The van der Waals surface area contributed by atoms with Crippen molar-refractivity contribution in [3.8, 4) is 6.07 Å². The Morgan fingerprint density at radius 3 is 2.28 bits per heavy atom. The molecule has 1 aliphatic rings. The van der Waals surface area contributed by atoms with Gasteiger partial charge < -0.3 is 5.32 Å². The number of alkyl halides is 3. The van der Waals surface area contributed by atoms with E-state index in [2.05, 4.69) is 22.2 Å². The molecule has 2 aromatic rings. The summed E-state index contributed by atoms with van der Waals surface area (Å²) in [5.74, 6) is -1.07. The molecular weight excluding hydrogens is 385 g/mol. The van der Waals surface area contributed by atoms with Crippen LogP contribution in [0.3, 0.4) is 0 Å². The molecule has 0 aliphatic heterocycles. The van der Waals surface area contributed by atoms with Gasteiger partial charge in [-0.25, -0.2) is 0 Å². The lowest BCUT2D eigenvalue weighted by Gasteiger charge is -2.14. The van der Waals surface area contributed by atoms with Crippen LogP contribution in [0, 0.1) is 16.7 Å². The highest BCUT2D eigenvalue weighted by atomic mass is 19.4. The van der Waals surface area contributed by atoms with Gasteiger partial charge in [0.15, 0.2) is 0 Å². The third kappa shape index (κ3) is 5.04. The number of para-hydroxylation sites is 1. The number of hydrogen-bond donors (Lipinski definition) is 3. The summed E-state index contributed by atoms with van der Waals surface area (Å²) in [6.07, 6.45) is -3.11. The molecule has 150 valence electrons. The zero-order valence-corrected chi connectivity index (χ0v) is 15.1. The van der Waals surface area contributed by atoms with Crippen LogP contribution in [0.15, 0.2) is 48.5 Å². The lowest BCUT2D eigenvalue weighted by Crippen LogP contribution is -2.42. The standard InChI is InChI=1S/C20H17F3N4O2/c21-20(22,23)13-5-7-14(8-6-13)25-16-4-2-1-3-15(16)18(29)27-26-17(28)11-19(12-24)9-10-19/h1-8,25H,9-11H2,(H,26,28)(H,27,29). The molecule has 2 amide bonds. The molecule has 3 N–H and O–H groups in total. The van der Waals surface area contributed by atoms with Gasteiger partial charge >= 0.3 is 6.18 Å². The van der Waals surface area contributed by atoms with Gasteiger partial charge in [0.05, 0.1) is 28.3 Å². The largest absolute Gasteiger partial charge is 0.416 e. The molecule has 1 fully saturated rings. The van der Waals surface area contributed by atoms with Crippen molar-refractivity contribution < 1.29 is 22.8 Å². The van der Waals surface area contributed by atoms with Gasteiger partial charge in [-0.15, -0.1) is 0 Å². The van der Waals surface area contributed by atoms with E-state index >= 15 is 0 Å². The summed E-state index contributed by atoms with van der Waals surface area (Å²) < 4.78 is 38.0. The highest BCUT2D eigenvalue weighted by Gasteiger charge is 2.44. The highest BCUT2D eigenvalue weighted by Crippen LogP contribution is 2.47. The Kier molecular flexibility index (Phi) is 5.46. The number of rotatable bonds is 5. The van der Waals surface area contributed by atoms with E-state index in [0.29, 0.717) is 24.2 Å². The minimum atomic E-state index is -4.43. The minimum Gasteiger partial charge on any atom is -0.355 e. The van der Waals surface area contributed by atoms with Gasteiger partial charge in [0.2, 0.25) is 5.91 Å². The van der Waals surface area contributed by atoms with Crippen LogP contribution in [0.5, 0.6) is 0 Å². The zero-order chi connectivity index (χ0) is 21.1. The lowest BCUT2D eigenvalue weighted by molar-refractivity contribution is -0.137. The van der Waals surface area contributed by atoms with Gasteiger partial charge in [0, 0.05) is 12.1 Å². The molecular formula is C20H17F3N4O2. The second-order valence-corrected chi connectivity index (χ2v) is 6.82. The number of hydrogen-bond acceptors (Lipinski definition) is 4. The first kappa shape index (κ1) is 20.2. The molecule has 0 heterocycles. The van der Waals surface area contributed by atoms with E-state index in [1.165, 1.54) is 18.2 Å². The molecule has 0 radical (unpaired) electrons. The topological polar surface area (TPSA) is 94.0 Å². The number of nitrogens with zero attached hydrogens (tertiary/aromatic N) is 1. The van der Waals surface area contributed by atoms with E-state index in [9.17, 15) is 22.8 Å². The molecule has 0 unspecified atom stereocenters. The Balaban J connectivity index is 1.64. The first-order valence-corrected chi connectivity index (χ1v) is 8.76. The van der Waals surface area contributed by atoms with Gasteiger partial charge in [-0.1, -0.05) is 12.1 Å². The molecule has 0 saturated heterocycles. The Hall–Kier alpha value is -3.54. The number of halogens is 3. The maximum absolute atomic E-state index is 12.7. The van der Waals surface area contributed by atoms with Gasteiger partial charge in [0.25, 0.3) is 5.91 Å². The second kappa shape index (κ2) is 7.83. The number of anilines is 2. The zero-order valence-electron chi connectivity index (χ0n) is 15.1. The van der Waals surface area contributed by atoms with Crippen LogP contribution in [0.2, 0.25) is 0 Å². The summed E-state index contributed by atoms with van der Waals surface area (Å²) in [6.45, 7) is 0. The fourth-order valence-corrected chi connectivity index (χ4v) is 2.71. The summed E-state index contributed by atoms with van der Waals surface area (Å²) in [6, 6.07) is 12.9. The van der Waals surface area contributed by atoms with E-state index in [4.69, 9.17) is 5.26 Å². The highest BCUT2D eigenvalue weighted by molar-refractivity contribution is 6.01. The van der Waals surface area contributed by atoms with Crippen molar-refractivity contribution >= 4 is 23.2 Å². The molecule has 1 aliphatic carbocycles. The third-order valence-electron chi connectivity index (χ3n) is 4.57. The number of nitriles is 1. The smallest absolute Gasteiger partial charge is 0.355 e. The number of carbonyl (C=O) groups is 2. The Morgan fingerprint density at radius 2 is 1.69 bits per heavy atom. The van der Waals surface area contributed by atoms with Gasteiger partial charge in [0.1, 0.15) is 0 Å². The first-order valence-electron chi connectivity index (χ1n) is 8.76. The molecule has 0 spiro atoms. The predicted molar refractivity (Wildman–Crippen MR) is 98.7 cm³/mol. The van der Waals surface area contributed by atoms with Crippen molar-refractivity contribution in [2.75, 3.05) is 5.32 Å². The van der Waals surface area contributed by atoms with Crippen LogP contribution >= 0.6 is 0 Å². The quantitative estimate of drug-likeness (QED) is 0.661. The van der Waals surface area contributed by atoms with Crippen molar-refractivity contribution in [3.63, 3.8) is 0 Å². The third-order valence-corrected chi connectivity index (χ3v) is 4.57. The van der Waals surface area contributed by atoms with Crippen molar-refractivity contribution in [1.82, 2.24) is 10.9 Å². The monoisotopic (exact) mass is 402 g/mol. The van der Waals surface area contributed by atoms with Crippen LogP contribution in [0.25, 0.3) is 0 Å². The summed E-state index contributed by atoms with van der Waals surface area (Å²) >= 11 is 0. The molecule has 0 atom stereocenters. The van der Waals surface area contributed by atoms with Crippen molar-refractivity contribution in [1.29, 1.82) is 5.26 Å². The maximum Gasteiger partial charge on any atom is 0.416 e. The number of carbonyl (C=O) groups excluding carboxylic acids is 2. The normalized spacial score (nSPS) is 14.4. The van der Waals surface area contributed by atoms with E-state index in [0.717, 1.165) is 12.1 Å². The van der Waals surface area contributed by atoms with Crippen LogP contribution in [-0.2, 0) is 11.0 Å². The molecule has 3 rings (SSSR count). The van der Waals surface area contributed by atoms with E-state index in [1.54, 1.807) is 18.2 Å². The Labute approximate surface area is 164 Å².